The number of hydrogen-bond acceptors (Lipinski definition) is 6. The van der Waals surface area contributed by atoms with Crippen LogP contribution in [0.4, 0.5) is 0 Å². The maximum Gasteiger partial charge on any atom is 0.158 e. The predicted octanol–water partition coefficient (Wildman–Crippen LogP) is 3.05. The number of nitrogens with zero attached hydrogens (tertiary/aromatic N) is 5. The number of aryl methyl sites for hydroxylation is 1. The van der Waals surface area contributed by atoms with Gasteiger partial charge in [-0.1, -0.05) is 30.3 Å². The molecule has 138 valence electrons. The molecule has 0 aliphatic carbocycles. The number of aromatic nitrogens is 4. The normalized spacial score (nSPS) is 11.5. The lowest BCUT2D eigenvalue weighted by Crippen LogP contribution is -2.11. The lowest BCUT2D eigenvalue weighted by Gasteiger charge is -2.09. The first kappa shape index (κ1) is 17.4. The van der Waals surface area contributed by atoms with Crippen molar-refractivity contribution in [3.63, 3.8) is 0 Å². The van der Waals surface area contributed by atoms with Gasteiger partial charge in [0, 0.05) is 17.2 Å². The van der Waals surface area contributed by atoms with Crippen molar-refractivity contribution in [2.75, 3.05) is 0 Å². The van der Waals surface area contributed by atoms with Crippen molar-refractivity contribution in [2.24, 2.45) is 10.9 Å². The van der Waals surface area contributed by atoms with Crippen molar-refractivity contribution in [1.29, 1.82) is 0 Å². The number of hydrogen-bond donors (Lipinski definition) is 2. The maximum atomic E-state index is 9.51. The minimum absolute atomic E-state index is 0.169. The summed E-state index contributed by atoms with van der Waals surface area (Å²) in [5.41, 5.74) is 4.64. The van der Waals surface area contributed by atoms with Crippen LogP contribution in [0.1, 0.15) is 17.0 Å². The lowest BCUT2D eigenvalue weighted by atomic mass is 10.1. The van der Waals surface area contributed by atoms with Crippen LogP contribution >= 0.6 is 0 Å². The minimum atomic E-state index is 0.169. The number of benzene rings is 2. The molecule has 2 heterocycles. The molecular weight excluding hydrogens is 352 g/mol. The van der Waals surface area contributed by atoms with E-state index in [-0.39, 0.29) is 5.75 Å². The summed E-state index contributed by atoms with van der Waals surface area (Å²) in [7, 11) is 0. The van der Waals surface area contributed by atoms with Gasteiger partial charge in [0.05, 0.1) is 17.1 Å². The van der Waals surface area contributed by atoms with Gasteiger partial charge in [-0.05, 0) is 37.3 Å². The summed E-state index contributed by atoms with van der Waals surface area (Å²) in [6, 6.07) is 20.4. The molecule has 7 heteroatoms. The Morgan fingerprint density at radius 3 is 2.46 bits per heavy atom. The zero-order chi connectivity index (χ0) is 19.5. The Kier molecular flexibility index (Phi) is 4.55. The van der Waals surface area contributed by atoms with Crippen LogP contribution in [-0.2, 0) is 0 Å². The highest BCUT2D eigenvalue weighted by molar-refractivity contribution is 6.11. The van der Waals surface area contributed by atoms with Gasteiger partial charge in [0.2, 0.25) is 0 Å². The van der Waals surface area contributed by atoms with E-state index in [1.165, 1.54) is 6.33 Å². The zero-order valence-electron chi connectivity index (χ0n) is 15.2. The van der Waals surface area contributed by atoms with Crippen molar-refractivity contribution in [1.82, 2.24) is 19.7 Å². The molecule has 0 saturated heterocycles. The monoisotopic (exact) mass is 370 g/mol. The third-order valence-electron chi connectivity index (χ3n) is 4.28. The lowest BCUT2D eigenvalue weighted by molar-refractivity contribution is 0.475. The summed E-state index contributed by atoms with van der Waals surface area (Å²) < 4.78 is 1.78. The van der Waals surface area contributed by atoms with E-state index in [0.29, 0.717) is 17.2 Å². The molecule has 0 bridgehead atoms. The highest BCUT2D eigenvalue weighted by atomic mass is 16.3. The maximum absolute atomic E-state index is 9.51. The van der Waals surface area contributed by atoms with Crippen LogP contribution in [-0.4, -0.2) is 30.6 Å². The van der Waals surface area contributed by atoms with Crippen LogP contribution in [0.2, 0.25) is 0 Å². The van der Waals surface area contributed by atoms with E-state index in [4.69, 9.17) is 5.84 Å². The van der Waals surface area contributed by atoms with Crippen molar-refractivity contribution >= 4 is 5.71 Å². The van der Waals surface area contributed by atoms with Crippen molar-refractivity contribution < 1.29 is 5.11 Å². The number of aromatic hydroxyl groups is 1. The van der Waals surface area contributed by atoms with Crippen molar-refractivity contribution in [3.05, 3.63) is 90.0 Å². The second kappa shape index (κ2) is 7.32. The number of hydrazone groups is 1. The second-order valence-electron chi connectivity index (χ2n) is 6.23. The van der Waals surface area contributed by atoms with E-state index in [0.717, 1.165) is 22.5 Å². The standard InChI is InChI=1S/C21H18N6O/c1-14-11-19(15-5-3-2-4-6-15)27(26-14)20-12-18(23-13-24-20)21(25-22)16-7-9-17(28)10-8-16/h2-13,28H,22H2,1H3/b25-21+. The Labute approximate surface area is 161 Å². The van der Waals surface area contributed by atoms with Crippen molar-refractivity contribution in [2.45, 2.75) is 6.92 Å². The van der Waals surface area contributed by atoms with E-state index in [1.54, 1.807) is 35.0 Å². The third kappa shape index (κ3) is 3.33. The molecule has 0 aliphatic heterocycles. The van der Waals surface area contributed by atoms with Crippen LogP contribution in [0.15, 0.2) is 78.2 Å². The van der Waals surface area contributed by atoms with Gasteiger partial charge in [0.1, 0.15) is 17.8 Å². The summed E-state index contributed by atoms with van der Waals surface area (Å²) >= 11 is 0. The first-order chi connectivity index (χ1) is 13.7. The summed E-state index contributed by atoms with van der Waals surface area (Å²) in [6.07, 6.45) is 1.46. The second-order valence-corrected chi connectivity index (χ2v) is 6.23. The molecule has 4 rings (SSSR count). The quantitative estimate of drug-likeness (QED) is 0.326. The SMILES string of the molecule is Cc1cc(-c2ccccc2)n(-c2cc(/C(=N/N)c3ccc(O)cc3)ncn2)n1. The highest BCUT2D eigenvalue weighted by Gasteiger charge is 2.14. The van der Waals surface area contributed by atoms with Crippen molar-refractivity contribution in [3.8, 4) is 22.8 Å². The van der Waals surface area contributed by atoms with Gasteiger partial charge in [-0.2, -0.15) is 10.2 Å². The molecule has 0 amide bonds. The minimum Gasteiger partial charge on any atom is -0.508 e. The van der Waals surface area contributed by atoms with Gasteiger partial charge < -0.3 is 10.9 Å². The van der Waals surface area contributed by atoms with Gasteiger partial charge in [-0.15, -0.1) is 0 Å². The number of rotatable bonds is 4. The van der Waals surface area contributed by atoms with E-state index in [1.807, 2.05) is 43.3 Å². The first-order valence-electron chi connectivity index (χ1n) is 8.68. The van der Waals surface area contributed by atoms with Crippen LogP contribution in [0.25, 0.3) is 17.1 Å². The Morgan fingerprint density at radius 1 is 1.00 bits per heavy atom. The fourth-order valence-corrected chi connectivity index (χ4v) is 2.99. The molecule has 0 saturated carbocycles. The van der Waals surface area contributed by atoms with E-state index in [2.05, 4.69) is 20.2 Å². The zero-order valence-corrected chi connectivity index (χ0v) is 15.2. The molecule has 0 spiro atoms. The molecule has 0 fully saturated rings. The van der Waals surface area contributed by atoms with Gasteiger partial charge in [-0.3, -0.25) is 0 Å². The first-order valence-corrected chi connectivity index (χ1v) is 8.68. The average Bonchev–Trinajstić information content (AvgIpc) is 3.13. The van der Waals surface area contributed by atoms with E-state index < -0.39 is 0 Å². The fraction of sp³-hybridized carbons (Fsp3) is 0.0476. The average molecular weight is 370 g/mol. The molecule has 4 aromatic rings. The Balaban J connectivity index is 1.79. The van der Waals surface area contributed by atoms with Crippen LogP contribution < -0.4 is 5.84 Å². The van der Waals surface area contributed by atoms with E-state index >= 15 is 0 Å². The molecular formula is C21H18N6O. The molecule has 28 heavy (non-hydrogen) atoms. The number of nitrogens with two attached hydrogens (primary N) is 1. The third-order valence-corrected chi connectivity index (χ3v) is 4.28. The molecule has 2 aromatic heterocycles. The topological polar surface area (TPSA) is 102 Å². The fourth-order valence-electron chi connectivity index (χ4n) is 2.99. The van der Waals surface area contributed by atoms with Gasteiger partial charge >= 0.3 is 0 Å². The van der Waals surface area contributed by atoms with Gasteiger partial charge in [-0.25, -0.2) is 14.6 Å². The van der Waals surface area contributed by atoms with Crippen LogP contribution in [0.5, 0.6) is 5.75 Å². The molecule has 2 aromatic carbocycles. The molecule has 0 atom stereocenters. The van der Waals surface area contributed by atoms with Gasteiger partial charge in [0.25, 0.3) is 0 Å². The van der Waals surface area contributed by atoms with Crippen LogP contribution in [0.3, 0.4) is 0 Å². The number of phenols is 1. The Morgan fingerprint density at radius 2 is 1.75 bits per heavy atom. The predicted molar refractivity (Wildman–Crippen MR) is 107 cm³/mol. The Bertz CT molecular complexity index is 1130. The van der Waals surface area contributed by atoms with E-state index in [9.17, 15) is 5.11 Å². The molecule has 3 N–H and O–H groups in total. The molecule has 0 radical (unpaired) electrons. The summed E-state index contributed by atoms with van der Waals surface area (Å²) in [6.45, 7) is 1.94. The number of phenolic OH excluding ortho intramolecular Hbond substituents is 1. The smallest absolute Gasteiger partial charge is 0.158 e. The summed E-state index contributed by atoms with van der Waals surface area (Å²) in [5.74, 6) is 6.41. The summed E-state index contributed by atoms with van der Waals surface area (Å²) in [4.78, 5) is 8.71. The Hall–Kier alpha value is -4.00. The van der Waals surface area contributed by atoms with Crippen LogP contribution in [0, 0.1) is 6.92 Å². The largest absolute Gasteiger partial charge is 0.508 e. The summed E-state index contributed by atoms with van der Waals surface area (Å²) in [5, 5.41) is 18.0. The highest BCUT2D eigenvalue weighted by Crippen LogP contribution is 2.23. The molecule has 0 aliphatic rings. The molecule has 7 nitrogen and oxygen atoms in total. The molecule has 0 unspecified atom stereocenters. The van der Waals surface area contributed by atoms with Gasteiger partial charge in [0.15, 0.2) is 5.82 Å².